The van der Waals surface area contributed by atoms with Crippen LogP contribution in [0.4, 0.5) is 0 Å². The standard InChI is InChI=1S/C28H32N4S/c1-21(28(2,3)33)29-17-8-18-32(19-24-15-13-22-9-4-6-11-26(22)30-24)20-25-16-14-23-10-5-7-12-27(23)31-25/h4-7,9-16,33H,8,17-20H2,1-3H3. The lowest BCUT2D eigenvalue weighted by molar-refractivity contribution is 0.249. The zero-order valence-electron chi connectivity index (χ0n) is 19.7. The Kier molecular flexibility index (Phi) is 7.41. The summed E-state index contributed by atoms with van der Waals surface area (Å²) in [6, 6.07) is 25.1. The van der Waals surface area contributed by atoms with E-state index in [9.17, 15) is 0 Å². The smallest absolute Gasteiger partial charge is 0.0705 e. The van der Waals surface area contributed by atoms with E-state index in [1.54, 1.807) is 0 Å². The summed E-state index contributed by atoms with van der Waals surface area (Å²) in [6.45, 7) is 9.49. The Balaban J connectivity index is 1.50. The van der Waals surface area contributed by atoms with E-state index in [-0.39, 0.29) is 4.75 Å². The van der Waals surface area contributed by atoms with Crippen molar-refractivity contribution in [3.63, 3.8) is 0 Å². The maximum absolute atomic E-state index is 4.90. The Labute approximate surface area is 202 Å². The van der Waals surface area contributed by atoms with Gasteiger partial charge < -0.3 is 0 Å². The number of rotatable bonds is 9. The molecule has 0 saturated carbocycles. The van der Waals surface area contributed by atoms with Crippen LogP contribution >= 0.6 is 12.6 Å². The molecule has 0 aliphatic rings. The molecule has 0 bridgehead atoms. The topological polar surface area (TPSA) is 41.4 Å². The molecule has 0 amide bonds. The average molecular weight is 457 g/mol. The van der Waals surface area contributed by atoms with Gasteiger partial charge in [-0.15, -0.1) is 0 Å². The van der Waals surface area contributed by atoms with Crippen molar-refractivity contribution < 1.29 is 0 Å². The van der Waals surface area contributed by atoms with Crippen molar-refractivity contribution in [2.45, 2.75) is 45.0 Å². The summed E-state index contributed by atoms with van der Waals surface area (Å²) in [5.74, 6) is 0. The molecule has 2 aromatic heterocycles. The zero-order valence-corrected chi connectivity index (χ0v) is 20.6. The van der Waals surface area contributed by atoms with E-state index in [0.717, 1.165) is 60.7 Å². The third kappa shape index (κ3) is 6.40. The SMILES string of the molecule is CC(=NCCCN(Cc1ccc2ccccc2n1)Cc1ccc2ccccc2n1)C(C)(C)S. The van der Waals surface area contributed by atoms with Crippen molar-refractivity contribution in [2.24, 2.45) is 4.99 Å². The van der Waals surface area contributed by atoms with E-state index < -0.39 is 0 Å². The normalized spacial score (nSPS) is 12.7. The van der Waals surface area contributed by atoms with Gasteiger partial charge in [-0.05, 0) is 51.5 Å². The van der Waals surface area contributed by atoms with Crippen LogP contribution in [0.3, 0.4) is 0 Å². The molecule has 33 heavy (non-hydrogen) atoms. The van der Waals surface area contributed by atoms with E-state index in [1.807, 2.05) is 12.1 Å². The maximum Gasteiger partial charge on any atom is 0.0705 e. The first-order valence-corrected chi connectivity index (χ1v) is 12.0. The van der Waals surface area contributed by atoms with Gasteiger partial charge in [0, 0.05) is 47.4 Å². The van der Waals surface area contributed by atoms with Crippen LogP contribution < -0.4 is 0 Å². The molecule has 4 aromatic rings. The predicted molar refractivity (Wildman–Crippen MR) is 143 cm³/mol. The molecule has 170 valence electrons. The highest BCUT2D eigenvalue weighted by Crippen LogP contribution is 2.17. The summed E-state index contributed by atoms with van der Waals surface area (Å²) in [5, 5.41) is 2.34. The van der Waals surface area contributed by atoms with Crippen molar-refractivity contribution in [3.8, 4) is 0 Å². The van der Waals surface area contributed by atoms with E-state index in [2.05, 4.69) is 99.0 Å². The third-order valence-corrected chi connectivity index (χ3v) is 6.27. The lowest BCUT2D eigenvalue weighted by Gasteiger charge is -2.22. The predicted octanol–water partition coefficient (Wildman–Crippen LogP) is 6.34. The fraction of sp³-hybridized carbons (Fsp3) is 0.321. The summed E-state index contributed by atoms with van der Waals surface area (Å²) in [5.41, 5.74) is 5.30. The highest BCUT2D eigenvalue weighted by atomic mass is 32.1. The number of thiol groups is 1. The second-order valence-corrected chi connectivity index (χ2v) is 10.2. The molecule has 0 aliphatic carbocycles. The fourth-order valence-corrected chi connectivity index (χ4v) is 3.87. The largest absolute Gasteiger partial charge is 0.293 e. The number of hydrogen-bond donors (Lipinski definition) is 1. The van der Waals surface area contributed by atoms with Crippen molar-refractivity contribution in [1.29, 1.82) is 0 Å². The highest BCUT2D eigenvalue weighted by molar-refractivity contribution is 7.82. The molecule has 0 atom stereocenters. The van der Waals surface area contributed by atoms with Gasteiger partial charge in [-0.3, -0.25) is 19.9 Å². The number of aromatic nitrogens is 2. The Morgan fingerprint density at radius 2 is 1.33 bits per heavy atom. The minimum Gasteiger partial charge on any atom is -0.293 e. The molecule has 0 radical (unpaired) electrons. The van der Waals surface area contributed by atoms with E-state index in [0.29, 0.717) is 0 Å². The first kappa shape index (κ1) is 23.4. The molecule has 2 heterocycles. The monoisotopic (exact) mass is 456 g/mol. The van der Waals surface area contributed by atoms with Crippen molar-refractivity contribution in [3.05, 3.63) is 84.2 Å². The zero-order chi connectivity index (χ0) is 23.3. The Morgan fingerprint density at radius 3 is 1.85 bits per heavy atom. The number of para-hydroxylation sites is 2. The van der Waals surface area contributed by atoms with Gasteiger partial charge in [0.2, 0.25) is 0 Å². The molecular formula is C28H32N4S. The van der Waals surface area contributed by atoms with Gasteiger partial charge >= 0.3 is 0 Å². The number of hydrogen-bond acceptors (Lipinski definition) is 5. The van der Waals surface area contributed by atoms with Crippen molar-refractivity contribution in [1.82, 2.24) is 14.9 Å². The van der Waals surface area contributed by atoms with Crippen LogP contribution in [0.15, 0.2) is 77.8 Å². The summed E-state index contributed by atoms with van der Waals surface area (Å²) >= 11 is 4.63. The van der Waals surface area contributed by atoms with E-state index >= 15 is 0 Å². The average Bonchev–Trinajstić information content (AvgIpc) is 2.81. The number of benzene rings is 2. The minimum absolute atomic E-state index is 0.177. The second kappa shape index (κ2) is 10.4. The molecule has 0 fully saturated rings. The fourth-order valence-electron chi connectivity index (χ4n) is 3.80. The number of aliphatic imine (C=N–C) groups is 1. The number of fused-ring (bicyclic) bond motifs is 2. The van der Waals surface area contributed by atoms with Crippen molar-refractivity contribution >= 4 is 40.1 Å². The van der Waals surface area contributed by atoms with Crippen LogP contribution in [0, 0.1) is 0 Å². The lowest BCUT2D eigenvalue weighted by atomic mass is 10.1. The van der Waals surface area contributed by atoms with Gasteiger partial charge in [-0.25, -0.2) is 0 Å². The lowest BCUT2D eigenvalue weighted by Crippen LogP contribution is -2.26. The minimum atomic E-state index is -0.177. The molecule has 0 unspecified atom stereocenters. The summed E-state index contributed by atoms with van der Waals surface area (Å²) in [7, 11) is 0. The molecule has 2 aromatic carbocycles. The summed E-state index contributed by atoms with van der Waals surface area (Å²) in [4.78, 5) is 17.0. The Morgan fingerprint density at radius 1 is 0.818 bits per heavy atom. The van der Waals surface area contributed by atoms with E-state index in [1.165, 1.54) is 10.8 Å². The summed E-state index contributed by atoms with van der Waals surface area (Å²) in [6.07, 6.45) is 0.975. The van der Waals surface area contributed by atoms with Gasteiger partial charge in [0.25, 0.3) is 0 Å². The van der Waals surface area contributed by atoms with Crippen LogP contribution in [0.25, 0.3) is 21.8 Å². The third-order valence-electron chi connectivity index (χ3n) is 5.95. The molecule has 4 nitrogen and oxygen atoms in total. The molecule has 4 rings (SSSR count). The van der Waals surface area contributed by atoms with Crippen LogP contribution in [-0.4, -0.2) is 38.4 Å². The number of nitrogens with zero attached hydrogens (tertiary/aromatic N) is 4. The number of pyridine rings is 2. The second-order valence-electron chi connectivity index (χ2n) is 9.08. The van der Waals surface area contributed by atoms with Gasteiger partial charge in [0.05, 0.1) is 22.4 Å². The Bertz CT molecular complexity index is 1180. The molecular weight excluding hydrogens is 424 g/mol. The van der Waals surface area contributed by atoms with Crippen LogP contribution in [0.1, 0.15) is 38.6 Å². The van der Waals surface area contributed by atoms with Gasteiger partial charge in [0.15, 0.2) is 0 Å². The maximum atomic E-state index is 4.90. The molecule has 0 spiro atoms. The van der Waals surface area contributed by atoms with Crippen molar-refractivity contribution in [2.75, 3.05) is 13.1 Å². The quantitative estimate of drug-likeness (QED) is 0.181. The molecule has 0 aliphatic heterocycles. The molecule has 5 heteroatoms. The van der Waals surface area contributed by atoms with E-state index in [4.69, 9.17) is 15.0 Å². The molecule has 0 saturated heterocycles. The Hall–Kier alpha value is -2.76. The highest BCUT2D eigenvalue weighted by Gasteiger charge is 2.15. The van der Waals surface area contributed by atoms with Crippen LogP contribution in [0.5, 0.6) is 0 Å². The van der Waals surface area contributed by atoms with Gasteiger partial charge in [0.1, 0.15) is 0 Å². The first-order chi connectivity index (χ1) is 15.9. The summed E-state index contributed by atoms with van der Waals surface area (Å²) < 4.78 is -0.177. The molecule has 0 N–H and O–H groups in total. The van der Waals surface area contributed by atoms with Crippen LogP contribution in [0.2, 0.25) is 0 Å². The first-order valence-electron chi connectivity index (χ1n) is 11.5. The van der Waals surface area contributed by atoms with Gasteiger partial charge in [-0.1, -0.05) is 48.5 Å². The van der Waals surface area contributed by atoms with Gasteiger partial charge in [-0.2, -0.15) is 12.6 Å². The van der Waals surface area contributed by atoms with Crippen LogP contribution in [-0.2, 0) is 13.1 Å².